The Bertz CT molecular complexity index is 1240. The Kier molecular flexibility index (Phi) is 6.73. The van der Waals surface area contributed by atoms with E-state index >= 15 is 0 Å². The predicted molar refractivity (Wildman–Crippen MR) is 125 cm³/mol. The number of hydrogen-bond acceptors (Lipinski definition) is 3. The third kappa shape index (κ3) is 4.76. The fraction of sp³-hybridized carbons (Fsp3) is 0.280. The van der Waals surface area contributed by atoms with Crippen LogP contribution in [0.4, 0.5) is 23.7 Å². The molecule has 0 aliphatic rings. The number of aliphatic hydroxyl groups is 1. The lowest BCUT2D eigenvalue weighted by atomic mass is 9.84. The van der Waals surface area contributed by atoms with Gasteiger partial charge in [0.05, 0.1) is 5.56 Å². The van der Waals surface area contributed by atoms with Crippen molar-refractivity contribution >= 4 is 28.8 Å². The number of rotatable bonds is 6. The number of fused-ring (bicyclic) bond motifs is 1. The zero-order chi connectivity index (χ0) is 25.3. The lowest BCUT2D eigenvalue weighted by Gasteiger charge is -2.31. The van der Waals surface area contributed by atoms with Gasteiger partial charge in [-0.05, 0) is 44.5 Å². The normalized spacial score (nSPS) is 14.0. The number of amides is 2. The summed E-state index contributed by atoms with van der Waals surface area (Å²) in [6, 6.07) is 9.60. The number of alkyl halides is 3. The van der Waals surface area contributed by atoms with Gasteiger partial charge in [-0.2, -0.15) is 13.2 Å². The van der Waals surface area contributed by atoms with E-state index in [1.54, 1.807) is 49.6 Å². The molecule has 180 valence electrons. The monoisotopic (exact) mass is 473 g/mol. The number of nitrogens with two attached hydrogens (primary N) is 1. The predicted octanol–water partition coefficient (Wildman–Crippen LogP) is 4.33. The Balaban J connectivity index is 2.16. The van der Waals surface area contributed by atoms with E-state index in [1.807, 2.05) is 0 Å². The number of aromatic nitrogens is 1. The zero-order valence-corrected chi connectivity index (χ0v) is 19.2. The van der Waals surface area contributed by atoms with Crippen molar-refractivity contribution in [1.82, 2.24) is 9.88 Å². The summed E-state index contributed by atoms with van der Waals surface area (Å²) in [4.78, 5) is 12.3. The summed E-state index contributed by atoms with van der Waals surface area (Å²) < 4.78 is 45.2. The number of carbonyl (C=O) groups excluding carboxylic acids is 1. The number of benzene rings is 2. The first-order valence-corrected chi connectivity index (χ1v) is 10.6. The Morgan fingerprint density at radius 1 is 1.21 bits per heavy atom. The largest absolute Gasteiger partial charge is 0.425 e. The topological polar surface area (TPSA) is 94.7 Å². The van der Waals surface area contributed by atoms with Crippen LogP contribution in [0.25, 0.3) is 10.9 Å². The summed E-state index contributed by atoms with van der Waals surface area (Å²) >= 11 is 0. The quantitative estimate of drug-likeness (QED) is 0.244. The van der Waals surface area contributed by atoms with E-state index in [-0.39, 0.29) is 28.7 Å². The molecule has 0 aliphatic heterocycles. The van der Waals surface area contributed by atoms with Crippen molar-refractivity contribution in [2.24, 2.45) is 0 Å². The lowest BCUT2D eigenvalue weighted by Crippen LogP contribution is -2.86. The van der Waals surface area contributed by atoms with Gasteiger partial charge in [-0.1, -0.05) is 24.3 Å². The molecular formula is C25H28F3N4O2+. The molecule has 1 unspecified atom stereocenters. The number of hydrogen-bond donors (Lipinski definition) is 4. The number of urea groups is 1. The van der Waals surface area contributed by atoms with Crippen molar-refractivity contribution in [3.8, 4) is 0 Å². The van der Waals surface area contributed by atoms with Gasteiger partial charge < -0.3 is 20.4 Å². The Hall–Kier alpha value is -3.43. The summed E-state index contributed by atoms with van der Waals surface area (Å²) in [6.07, 6.45) is -1.37. The van der Waals surface area contributed by atoms with Gasteiger partial charge in [0.25, 0.3) is 0 Å². The van der Waals surface area contributed by atoms with Crippen LogP contribution in [0.3, 0.4) is 0 Å². The van der Waals surface area contributed by atoms with Crippen LogP contribution in [0.5, 0.6) is 0 Å². The number of nitrogens with zero attached hydrogens (tertiary/aromatic N) is 1. The number of allylic oxidation sites excluding steroid dienone is 1. The number of halogens is 3. The van der Waals surface area contributed by atoms with Crippen molar-refractivity contribution in [3.05, 3.63) is 78.0 Å². The van der Waals surface area contributed by atoms with Gasteiger partial charge >= 0.3 is 12.2 Å². The first-order chi connectivity index (χ1) is 15.8. The summed E-state index contributed by atoms with van der Waals surface area (Å²) in [6.45, 7) is 9.31. The summed E-state index contributed by atoms with van der Waals surface area (Å²) in [7, 11) is 0. The van der Waals surface area contributed by atoms with Crippen LogP contribution < -0.4 is 10.6 Å². The maximum absolute atomic E-state index is 14.5. The molecule has 0 radical (unpaired) electrons. The van der Waals surface area contributed by atoms with Gasteiger partial charge in [-0.25, -0.2) is 10.1 Å². The Labute approximate surface area is 195 Å². The van der Waals surface area contributed by atoms with E-state index in [0.717, 1.165) is 18.3 Å². The standard InChI is InChI=1S/C25H27F3N4O2/c1-5-12-32-15-19(18-8-6-7-9-21(18)32)24(34,25(26,27)28)17-10-11-20(16(13-17)14-29)30-22(33)31-23(2,3)4/h5-11,13-15,29,34H,1,12H2,2-4H3,(H2,30,31,33)/p+1. The van der Waals surface area contributed by atoms with E-state index in [4.69, 9.17) is 5.41 Å². The van der Waals surface area contributed by atoms with Gasteiger partial charge in [0.15, 0.2) is 0 Å². The molecule has 2 aromatic carbocycles. The highest BCUT2D eigenvalue weighted by Gasteiger charge is 2.57. The molecule has 5 N–H and O–H groups in total. The molecule has 34 heavy (non-hydrogen) atoms. The minimum atomic E-state index is -5.07. The third-order valence-electron chi connectivity index (χ3n) is 5.36. The molecule has 0 saturated carbocycles. The lowest BCUT2D eigenvalue weighted by molar-refractivity contribution is -0.465. The maximum Gasteiger partial charge on any atom is 0.425 e. The highest BCUT2D eigenvalue weighted by atomic mass is 19.4. The minimum absolute atomic E-state index is 0.0686. The van der Waals surface area contributed by atoms with E-state index < -0.39 is 28.9 Å². The average Bonchev–Trinajstić information content (AvgIpc) is 3.10. The molecule has 3 aromatic rings. The van der Waals surface area contributed by atoms with E-state index in [1.165, 1.54) is 23.6 Å². The van der Waals surface area contributed by atoms with E-state index in [2.05, 4.69) is 11.9 Å². The third-order valence-corrected chi connectivity index (χ3v) is 5.36. The molecule has 3 rings (SSSR count). The van der Waals surface area contributed by atoms with Crippen LogP contribution in [-0.4, -0.2) is 33.6 Å². The van der Waals surface area contributed by atoms with Crippen molar-refractivity contribution < 1.29 is 28.4 Å². The first kappa shape index (κ1) is 25.2. The zero-order valence-electron chi connectivity index (χ0n) is 19.2. The SMILES string of the molecule is C=CCn1cc(C(O)(c2ccc([NH2+]C(=O)NC(C)(C)C)c(C=N)c2)C(F)(F)F)c2ccccc21. The second kappa shape index (κ2) is 9.08. The molecule has 2 amide bonds. The molecule has 1 heterocycles. The summed E-state index contributed by atoms with van der Waals surface area (Å²) in [5, 5.41) is 23.2. The van der Waals surface area contributed by atoms with Crippen molar-refractivity contribution in [3.63, 3.8) is 0 Å². The van der Waals surface area contributed by atoms with Crippen molar-refractivity contribution in [2.75, 3.05) is 0 Å². The number of para-hydroxylation sites is 1. The van der Waals surface area contributed by atoms with Crippen LogP contribution in [-0.2, 0) is 12.1 Å². The molecule has 1 atom stereocenters. The molecular weight excluding hydrogens is 445 g/mol. The molecule has 0 bridgehead atoms. The number of carbonyl (C=O) groups is 1. The average molecular weight is 474 g/mol. The van der Waals surface area contributed by atoms with Gasteiger partial charge in [0.2, 0.25) is 5.60 Å². The first-order valence-electron chi connectivity index (χ1n) is 10.6. The molecule has 6 nitrogen and oxygen atoms in total. The number of primary amides is 1. The van der Waals surface area contributed by atoms with Gasteiger partial charge in [0.1, 0.15) is 5.69 Å². The van der Waals surface area contributed by atoms with Gasteiger partial charge in [-0.3, -0.25) is 0 Å². The highest BCUT2D eigenvalue weighted by Crippen LogP contribution is 2.47. The molecule has 0 saturated heterocycles. The molecule has 0 fully saturated rings. The fourth-order valence-corrected chi connectivity index (χ4v) is 3.90. The second-order valence-electron chi connectivity index (χ2n) is 9.08. The second-order valence-corrected chi connectivity index (χ2v) is 9.08. The molecule has 9 heteroatoms. The van der Waals surface area contributed by atoms with Crippen LogP contribution in [0, 0.1) is 5.41 Å². The summed E-state index contributed by atoms with van der Waals surface area (Å²) in [5.74, 6) is 0. The molecule has 0 aliphatic carbocycles. The Morgan fingerprint density at radius 3 is 2.47 bits per heavy atom. The fourth-order valence-electron chi connectivity index (χ4n) is 3.90. The van der Waals surface area contributed by atoms with Crippen LogP contribution in [0.15, 0.2) is 61.3 Å². The van der Waals surface area contributed by atoms with Crippen LogP contribution in [0.2, 0.25) is 0 Å². The van der Waals surface area contributed by atoms with E-state index in [0.29, 0.717) is 5.52 Å². The highest BCUT2D eigenvalue weighted by molar-refractivity contribution is 5.87. The van der Waals surface area contributed by atoms with Crippen LogP contribution in [0.1, 0.15) is 37.5 Å². The van der Waals surface area contributed by atoms with Gasteiger partial charge in [0, 0.05) is 47.0 Å². The van der Waals surface area contributed by atoms with Crippen LogP contribution >= 0.6 is 0 Å². The maximum atomic E-state index is 14.5. The number of nitrogens with one attached hydrogen (secondary N) is 2. The minimum Gasteiger partial charge on any atom is -0.372 e. The van der Waals surface area contributed by atoms with Crippen molar-refractivity contribution in [1.29, 1.82) is 5.41 Å². The molecule has 1 aromatic heterocycles. The molecule has 0 spiro atoms. The smallest absolute Gasteiger partial charge is 0.372 e. The Morgan fingerprint density at radius 2 is 1.88 bits per heavy atom. The number of quaternary nitrogens is 1. The van der Waals surface area contributed by atoms with Gasteiger partial charge in [-0.15, -0.1) is 6.58 Å². The van der Waals surface area contributed by atoms with Crippen molar-refractivity contribution in [2.45, 2.75) is 44.6 Å². The van der Waals surface area contributed by atoms with E-state index in [9.17, 15) is 23.1 Å². The summed E-state index contributed by atoms with van der Waals surface area (Å²) in [5.41, 5.74) is -3.77.